The first-order valence-corrected chi connectivity index (χ1v) is 11.8. The van der Waals surface area contributed by atoms with Crippen LogP contribution in [0.25, 0.3) is 0 Å². The summed E-state index contributed by atoms with van der Waals surface area (Å²) in [6.45, 7) is 5.96. The van der Waals surface area contributed by atoms with Gasteiger partial charge in [0, 0.05) is 49.7 Å². The van der Waals surface area contributed by atoms with Crippen molar-refractivity contribution in [3.05, 3.63) is 95.1 Å². The van der Waals surface area contributed by atoms with E-state index in [1.807, 2.05) is 24.3 Å². The molecule has 0 unspecified atom stereocenters. The molecular weight excluding hydrogens is 424 g/mol. The van der Waals surface area contributed by atoms with Crippen LogP contribution in [0.15, 0.2) is 72.8 Å². The average molecular weight is 457 g/mol. The molecule has 2 amide bonds. The number of rotatable bonds is 8. The second-order valence-corrected chi connectivity index (χ2v) is 8.70. The van der Waals surface area contributed by atoms with E-state index in [0.29, 0.717) is 17.7 Å². The summed E-state index contributed by atoms with van der Waals surface area (Å²) in [5.74, 6) is -0.707. The maximum Gasteiger partial charge on any atom is 0.251 e. The van der Waals surface area contributed by atoms with Crippen molar-refractivity contribution in [2.24, 2.45) is 5.73 Å². The van der Waals surface area contributed by atoms with Crippen LogP contribution in [0.2, 0.25) is 0 Å². The molecule has 1 heterocycles. The van der Waals surface area contributed by atoms with Gasteiger partial charge in [0.05, 0.1) is 5.56 Å². The molecule has 1 aliphatic rings. The normalized spacial score (nSPS) is 13.6. The highest BCUT2D eigenvalue weighted by Crippen LogP contribution is 2.26. The highest BCUT2D eigenvalue weighted by Gasteiger charge is 2.22. The van der Waals surface area contributed by atoms with E-state index >= 15 is 0 Å². The number of nitrogens with zero attached hydrogens (tertiary/aromatic N) is 2. The molecule has 0 aliphatic carbocycles. The zero-order valence-electron chi connectivity index (χ0n) is 19.7. The van der Waals surface area contributed by atoms with Crippen molar-refractivity contribution in [2.45, 2.75) is 19.8 Å². The van der Waals surface area contributed by atoms with Gasteiger partial charge in [-0.15, -0.1) is 0 Å². The molecule has 0 aromatic heterocycles. The molecule has 34 heavy (non-hydrogen) atoms. The smallest absolute Gasteiger partial charge is 0.251 e. The van der Waals surface area contributed by atoms with E-state index in [-0.39, 0.29) is 5.91 Å². The number of primary amides is 1. The second-order valence-electron chi connectivity index (χ2n) is 8.70. The second kappa shape index (κ2) is 10.9. The van der Waals surface area contributed by atoms with Crippen molar-refractivity contribution in [1.82, 2.24) is 5.32 Å². The molecule has 0 spiro atoms. The molecule has 6 nitrogen and oxygen atoms in total. The Bertz CT molecular complexity index is 1140. The lowest BCUT2D eigenvalue weighted by molar-refractivity contribution is 0.0953. The summed E-state index contributed by atoms with van der Waals surface area (Å²) in [5.41, 5.74) is 11.1. The summed E-state index contributed by atoms with van der Waals surface area (Å²) < 4.78 is 0. The standard InChI is InChI=1S/C28H32N4O2/c1-21-8-5-6-12-25(21)31-16-18-32(19-17-31)26-14-13-23(20-24(26)27(29)33)28(34)30-15-7-11-22-9-3-2-4-10-22/h2-6,8-10,12-14,20H,7,11,15-19H2,1H3,(H2,29,33)(H,30,34). The van der Waals surface area contributed by atoms with Gasteiger partial charge in [-0.3, -0.25) is 9.59 Å². The Hall–Kier alpha value is -3.80. The van der Waals surface area contributed by atoms with Crippen molar-refractivity contribution in [1.29, 1.82) is 0 Å². The van der Waals surface area contributed by atoms with Gasteiger partial charge in [-0.05, 0) is 55.2 Å². The van der Waals surface area contributed by atoms with Gasteiger partial charge in [0.1, 0.15) is 0 Å². The number of carbonyl (C=O) groups excluding carboxylic acids is 2. The van der Waals surface area contributed by atoms with Gasteiger partial charge < -0.3 is 20.9 Å². The topological polar surface area (TPSA) is 78.7 Å². The zero-order valence-corrected chi connectivity index (χ0v) is 19.7. The molecular formula is C28H32N4O2. The number of aryl methyl sites for hydroxylation is 2. The first-order valence-electron chi connectivity index (χ1n) is 11.8. The summed E-state index contributed by atoms with van der Waals surface area (Å²) in [4.78, 5) is 29.5. The molecule has 3 aromatic carbocycles. The van der Waals surface area contributed by atoms with Crippen LogP contribution in [-0.4, -0.2) is 44.5 Å². The molecule has 1 aliphatic heterocycles. The zero-order chi connectivity index (χ0) is 23.9. The van der Waals surface area contributed by atoms with E-state index in [9.17, 15) is 9.59 Å². The molecule has 3 aromatic rings. The first kappa shape index (κ1) is 23.4. The monoisotopic (exact) mass is 456 g/mol. The molecule has 1 saturated heterocycles. The Labute approximate surface area is 201 Å². The Kier molecular flexibility index (Phi) is 7.48. The van der Waals surface area contributed by atoms with E-state index < -0.39 is 5.91 Å². The van der Waals surface area contributed by atoms with Crippen molar-refractivity contribution in [3.8, 4) is 0 Å². The number of benzene rings is 3. The molecule has 3 N–H and O–H groups in total. The van der Waals surface area contributed by atoms with E-state index in [0.717, 1.165) is 44.7 Å². The minimum Gasteiger partial charge on any atom is -0.368 e. The van der Waals surface area contributed by atoms with Crippen LogP contribution in [0.4, 0.5) is 11.4 Å². The number of amides is 2. The van der Waals surface area contributed by atoms with Gasteiger partial charge in [0.25, 0.3) is 11.8 Å². The van der Waals surface area contributed by atoms with Crippen LogP contribution in [-0.2, 0) is 6.42 Å². The third-order valence-electron chi connectivity index (χ3n) is 6.37. The molecule has 4 rings (SSSR count). The highest BCUT2D eigenvalue weighted by molar-refractivity contribution is 6.03. The van der Waals surface area contributed by atoms with Gasteiger partial charge in [-0.2, -0.15) is 0 Å². The Morgan fingerprint density at radius 3 is 2.18 bits per heavy atom. The molecule has 0 bridgehead atoms. The van der Waals surface area contributed by atoms with Crippen LogP contribution in [0.3, 0.4) is 0 Å². The summed E-state index contributed by atoms with van der Waals surface area (Å²) in [7, 11) is 0. The summed E-state index contributed by atoms with van der Waals surface area (Å²) in [5, 5.41) is 2.95. The Morgan fingerprint density at radius 1 is 0.853 bits per heavy atom. The molecule has 176 valence electrons. The predicted octanol–water partition coefficient (Wildman–Crippen LogP) is 3.78. The van der Waals surface area contributed by atoms with E-state index in [1.165, 1.54) is 16.8 Å². The van der Waals surface area contributed by atoms with Crippen LogP contribution >= 0.6 is 0 Å². The number of piperazine rings is 1. The lowest BCUT2D eigenvalue weighted by Gasteiger charge is -2.38. The number of para-hydroxylation sites is 1. The number of nitrogens with two attached hydrogens (primary N) is 1. The Morgan fingerprint density at radius 2 is 1.50 bits per heavy atom. The van der Waals surface area contributed by atoms with Crippen LogP contribution in [0.5, 0.6) is 0 Å². The van der Waals surface area contributed by atoms with E-state index in [2.05, 4.69) is 58.4 Å². The molecule has 0 atom stereocenters. The maximum atomic E-state index is 12.7. The third-order valence-corrected chi connectivity index (χ3v) is 6.37. The minimum atomic E-state index is -0.518. The van der Waals surface area contributed by atoms with Crippen molar-refractivity contribution < 1.29 is 9.59 Å². The fourth-order valence-electron chi connectivity index (χ4n) is 4.50. The summed E-state index contributed by atoms with van der Waals surface area (Å²) >= 11 is 0. The molecule has 0 radical (unpaired) electrons. The number of carbonyl (C=O) groups is 2. The molecule has 0 saturated carbocycles. The average Bonchev–Trinajstić information content (AvgIpc) is 2.87. The molecule has 6 heteroatoms. The minimum absolute atomic E-state index is 0.188. The summed E-state index contributed by atoms with van der Waals surface area (Å²) in [6.07, 6.45) is 1.75. The van der Waals surface area contributed by atoms with Crippen molar-refractivity contribution >= 4 is 23.2 Å². The molecule has 1 fully saturated rings. The number of nitrogens with one attached hydrogen (secondary N) is 1. The number of anilines is 2. The van der Waals surface area contributed by atoms with Gasteiger partial charge in [-0.25, -0.2) is 0 Å². The van der Waals surface area contributed by atoms with E-state index in [1.54, 1.807) is 12.1 Å². The van der Waals surface area contributed by atoms with Gasteiger partial charge >= 0.3 is 0 Å². The Balaban J connectivity index is 1.37. The van der Waals surface area contributed by atoms with Gasteiger partial charge in [-0.1, -0.05) is 48.5 Å². The van der Waals surface area contributed by atoms with Gasteiger partial charge in [0.15, 0.2) is 0 Å². The number of hydrogen-bond acceptors (Lipinski definition) is 4. The predicted molar refractivity (Wildman–Crippen MR) is 138 cm³/mol. The van der Waals surface area contributed by atoms with Crippen LogP contribution < -0.4 is 20.9 Å². The number of hydrogen-bond donors (Lipinski definition) is 2. The van der Waals surface area contributed by atoms with Crippen LogP contribution in [0.1, 0.15) is 38.3 Å². The lowest BCUT2D eigenvalue weighted by Crippen LogP contribution is -2.47. The van der Waals surface area contributed by atoms with Crippen LogP contribution in [0, 0.1) is 6.92 Å². The highest BCUT2D eigenvalue weighted by atomic mass is 16.2. The summed E-state index contributed by atoms with van der Waals surface area (Å²) in [6, 6.07) is 23.8. The third kappa shape index (κ3) is 5.57. The van der Waals surface area contributed by atoms with Gasteiger partial charge in [0.2, 0.25) is 0 Å². The maximum absolute atomic E-state index is 12.7. The largest absolute Gasteiger partial charge is 0.368 e. The lowest BCUT2D eigenvalue weighted by atomic mass is 10.0. The van der Waals surface area contributed by atoms with E-state index in [4.69, 9.17) is 5.73 Å². The first-order chi connectivity index (χ1) is 16.5. The van der Waals surface area contributed by atoms with Crippen molar-refractivity contribution in [2.75, 3.05) is 42.5 Å². The van der Waals surface area contributed by atoms with Crippen molar-refractivity contribution in [3.63, 3.8) is 0 Å². The fraction of sp³-hybridized carbons (Fsp3) is 0.286. The fourth-order valence-corrected chi connectivity index (χ4v) is 4.50. The SMILES string of the molecule is Cc1ccccc1N1CCN(c2ccc(C(=O)NCCCc3ccccc3)cc2C(N)=O)CC1. The quantitative estimate of drug-likeness (QED) is 0.506.